The Morgan fingerprint density at radius 1 is 1.25 bits per heavy atom. The zero-order valence-electron chi connectivity index (χ0n) is 9.94. The Kier molecular flexibility index (Phi) is 2.50. The highest BCUT2D eigenvalue weighted by molar-refractivity contribution is 7.98. The molecule has 1 atom stereocenters. The van der Waals surface area contributed by atoms with Crippen LogP contribution in [0.5, 0.6) is 0 Å². The molecular weight excluding hydrogens is 216 g/mol. The zero-order chi connectivity index (χ0) is 11.2. The van der Waals surface area contributed by atoms with Gasteiger partial charge in [0, 0.05) is 13.1 Å². The van der Waals surface area contributed by atoms with Gasteiger partial charge in [-0.05, 0) is 38.2 Å². The first-order chi connectivity index (χ1) is 7.70. The van der Waals surface area contributed by atoms with Crippen molar-refractivity contribution in [3.63, 3.8) is 0 Å². The van der Waals surface area contributed by atoms with Crippen molar-refractivity contribution in [2.75, 3.05) is 27.2 Å². The summed E-state index contributed by atoms with van der Waals surface area (Å²) in [6.45, 7) is 3.47. The van der Waals surface area contributed by atoms with Crippen LogP contribution in [0.3, 0.4) is 0 Å². The maximum Gasteiger partial charge on any atom is 0.0696 e. The van der Waals surface area contributed by atoms with Crippen LogP contribution >= 0.6 is 11.9 Å². The van der Waals surface area contributed by atoms with E-state index in [1.807, 2.05) is 11.9 Å². The van der Waals surface area contributed by atoms with Crippen LogP contribution in [0.1, 0.15) is 17.5 Å². The van der Waals surface area contributed by atoms with E-state index in [-0.39, 0.29) is 0 Å². The summed E-state index contributed by atoms with van der Waals surface area (Å²) in [7, 11) is 4.44. The van der Waals surface area contributed by atoms with Gasteiger partial charge in [-0.25, -0.2) is 4.31 Å². The molecule has 1 aromatic rings. The first-order valence-corrected chi connectivity index (χ1v) is 6.64. The van der Waals surface area contributed by atoms with Gasteiger partial charge in [0.15, 0.2) is 0 Å². The number of likely N-dealkylation sites (tertiary alicyclic amines) is 1. The normalized spacial score (nSPS) is 30.9. The molecule has 2 nitrogen and oxygen atoms in total. The molecule has 1 aromatic carbocycles. The first-order valence-electron chi connectivity index (χ1n) is 5.87. The average Bonchev–Trinajstić information content (AvgIpc) is 2.60. The largest absolute Gasteiger partial charge is 0.305 e. The molecule has 0 aliphatic carbocycles. The second kappa shape index (κ2) is 3.76. The molecule has 0 saturated carbocycles. The van der Waals surface area contributed by atoms with E-state index < -0.39 is 0 Å². The molecule has 1 saturated heterocycles. The summed E-state index contributed by atoms with van der Waals surface area (Å²) in [5.74, 6) is 0. The second-order valence-electron chi connectivity index (χ2n) is 5.02. The lowest BCUT2D eigenvalue weighted by molar-refractivity contribution is 0.399. The van der Waals surface area contributed by atoms with Crippen LogP contribution in [0.2, 0.25) is 0 Å². The smallest absolute Gasteiger partial charge is 0.0696 e. The number of likely N-dealkylation sites (N-methyl/N-ethyl adjacent to an activating group) is 1. The zero-order valence-corrected chi connectivity index (χ0v) is 10.8. The van der Waals surface area contributed by atoms with Crippen LogP contribution in [0, 0.1) is 0 Å². The summed E-state index contributed by atoms with van der Waals surface area (Å²) in [6.07, 6.45) is 1.27. The van der Waals surface area contributed by atoms with E-state index >= 15 is 0 Å². The average molecular weight is 234 g/mol. The van der Waals surface area contributed by atoms with E-state index in [2.05, 4.69) is 47.6 Å². The van der Waals surface area contributed by atoms with Gasteiger partial charge in [-0.15, -0.1) is 0 Å². The SMILES string of the molecule is CN1CCC2(C1)SN(C)Cc1ccccc12. The number of benzene rings is 1. The molecule has 0 N–H and O–H groups in total. The number of rotatable bonds is 0. The van der Waals surface area contributed by atoms with Crippen LogP contribution in [0.15, 0.2) is 24.3 Å². The summed E-state index contributed by atoms with van der Waals surface area (Å²) < 4.78 is 2.71. The van der Waals surface area contributed by atoms with Gasteiger partial charge in [-0.2, -0.15) is 0 Å². The maximum absolute atomic E-state index is 2.45. The second-order valence-corrected chi connectivity index (χ2v) is 6.60. The monoisotopic (exact) mass is 234 g/mol. The molecule has 2 heterocycles. The number of nitrogens with zero attached hydrogens (tertiary/aromatic N) is 2. The third-order valence-electron chi connectivity index (χ3n) is 3.65. The van der Waals surface area contributed by atoms with E-state index in [1.54, 1.807) is 5.56 Å². The lowest BCUT2D eigenvalue weighted by atomic mass is 9.92. The fourth-order valence-corrected chi connectivity index (χ4v) is 4.54. The minimum atomic E-state index is 0.318. The Labute approximate surface area is 102 Å². The van der Waals surface area contributed by atoms with E-state index in [0.29, 0.717) is 4.75 Å². The molecule has 0 radical (unpaired) electrons. The van der Waals surface area contributed by atoms with Crippen LogP contribution in [0.25, 0.3) is 0 Å². The fourth-order valence-electron chi connectivity index (χ4n) is 2.98. The van der Waals surface area contributed by atoms with Gasteiger partial charge in [0.2, 0.25) is 0 Å². The highest BCUT2D eigenvalue weighted by atomic mass is 32.2. The summed E-state index contributed by atoms with van der Waals surface area (Å²) in [5, 5.41) is 0. The topological polar surface area (TPSA) is 6.48 Å². The standard InChI is InChI=1S/C13H18N2S/c1-14-8-7-13(10-14)12-6-4-3-5-11(12)9-15(2)16-13/h3-6H,7-10H2,1-2H3. The number of hydrogen-bond donors (Lipinski definition) is 0. The van der Waals surface area contributed by atoms with E-state index in [0.717, 1.165) is 6.54 Å². The Morgan fingerprint density at radius 3 is 2.81 bits per heavy atom. The van der Waals surface area contributed by atoms with Crippen molar-refractivity contribution < 1.29 is 0 Å². The van der Waals surface area contributed by atoms with Gasteiger partial charge >= 0.3 is 0 Å². The fraction of sp³-hybridized carbons (Fsp3) is 0.538. The van der Waals surface area contributed by atoms with Crippen molar-refractivity contribution in [3.05, 3.63) is 35.4 Å². The summed E-state index contributed by atoms with van der Waals surface area (Å²) in [5.41, 5.74) is 3.08. The van der Waals surface area contributed by atoms with Crippen molar-refractivity contribution in [2.45, 2.75) is 17.7 Å². The van der Waals surface area contributed by atoms with Crippen LogP contribution in [0.4, 0.5) is 0 Å². The molecular formula is C13H18N2S. The molecule has 1 fully saturated rings. The molecule has 0 amide bonds. The minimum Gasteiger partial charge on any atom is -0.305 e. The molecule has 1 spiro atoms. The van der Waals surface area contributed by atoms with Crippen molar-refractivity contribution in [1.29, 1.82) is 0 Å². The van der Waals surface area contributed by atoms with Gasteiger partial charge in [0.25, 0.3) is 0 Å². The summed E-state index contributed by atoms with van der Waals surface area (Å²) in [4.78, 5) is 2.45. The van der Waals surface area contributed by atoms with E-state index in [1.165, 1.54) is 25.1 Å². The Morgan fingerprint density at radius 2 is 2.06 bits per heavy atom. The maximum atomic E-state index is 2.45. The van der Waals surface area contributed by atoms with Gasteiger partial charge < -0.3 is 4.90 Å². The highest BCUT2D eigenvalue weighted by Crippen LogP contribution is 2.49. The van der Waals surface area contributed by atoms with Crippen molar-refractivity contribution in [2.24, 2.45) is 0 Å². The van der Waals surface area contributed by atoms with Gasteiger partial charge in [-0.1, -0.05) is 36.2 Å². The van der Waals surface area contributed by atoms with Gasteiger partial charge in [0.05, 0.1) is 4.75 Å². The van der Waals surface area contributed by atoms with Crippen LogP contribution in [-0.4, -0.2) is 36.4 Å². The lowest BCUT2D eigenvalue weighted by Crippen LogP contribution is -2.35. The molecule has 3 heteroatoms. The van der Waals surface area contributed by atoms with E-state index in [9.17, 15) is 0 Å². The number of fused-ring (bicyclic) bond motifs is 2. The molecule has 1 unspecified atom stereocenters. The Bertz CT molecular complexity index is 407. The van der Waals surface area contributed by atoms with Crippen molar-refractivity contribution in [3.8, 4) is 0 Å². The third kappa shape index (κ3) is 1.58. The Hall–Kier alpha value is -0.510. The quantitative estimate of drug-likeness (QED) is 0.636. The number of hydrogen-bond acceptors (Lipinski definition) is 3. The third-order valence-corrected chi connectivity index (χ3v) is 5.00. The molecule has 0 aromatic heterocycles. The molecule has 2 aliphatic heterocycles. The Balaban J connectivity index is 2.07. The minimum absolute atomic E-state index is 0.318. The van der Waals surface area contributed by atoms with Gasteiger partial charge in [-0.3, -0.25) is 0 Å². The van der Waals surface area contributed by atoms with E-state index in [4.69, 9.17) is 0 Å². The van der Waals surface area contributed by atoms with Crippen LogP contribution < -0.4 is 0 Å². The molecule has 3 rings (SSSR count). The van der Waals surface area contributed by atoms with Crippen molar-refractivity contribution in [1.82, 2.24) is 9.21 Å². The predicted octanol–water partition coefficient (Wildman–Crippen LogP) is 2.31. The predicted molar refractivity (Wildman–Crippen MR) is 69.3 cm³/mol. The highest BCUT2D eigenvalue weighted by Gasteiger charge is 2.43. The molecule has 86 valence electrons. The summed E-state index contributed by atoms with van der Waals surface area (Å²) >= 11 is 2.03. The van der Waals surface area contributed by atoms with Crippen LogP contribution in [-0.2, 0) is 11.3 Å². The molecule has 2 aliphatic rings. The van der Waals surface area contributed by atoms with Crippen molar-refractivity contribution >= 4 is 11.9 Å². The van der Waals surface area contributed by atoms with Gasteiger partial charge in [0.1, 0.15) is 0 Å². The first kappa shape index (κ1) is 10.6. The summed E-state index contributed by atoms with van der Waals surface area (Å²) in [6, 6.07) is 8.96. The molecule has 16 heavy (non-hydrogen) atoms. The molecule has 0 bridgehead atoms. The lowest BCUT2D eigenvalue weighted by Gasteiger charge is -2.39.